The van der Waals surface area contributed by atoms with Crippen LogP contribution in [0.2, 0.25) is 5.02 Å². The summed E-state index contributed by atoms with van der Waals surface area (Å²) in [6.07, 6.45) is 4.10. The lowest BCUT2D eigenvalue weighted by atomic mass is 10.0. The lowest BCUT2D eigenvalue weighted by Gasteiger charge is -2.20. The predicted octanol–water partition coefficient (Wildman–Crippen LogP) is 3.73. The van der Waals surface area contributed by atoms with Crippen LogP contribution >= 0.6 is 11.6 Å². The maximum Gasteiger partial charge on any atom is 0.158 e. The van der Waals surface area contributed by atoms with Crippen LogP contribution in [0.1, 0.15) is 37.7 Å². The molecule has 0 heterocycles. The highest BCUT2D eigenvalue weighted by molar-refractivity contribution is 7.91. The Kier molecular flexibility index (Phi) is 5.06. The molecule has 108 valence electrons. The number of benzene rings is 1. The van der Waals surface area contributed by atoms with Crippen LogP contribution in [0.15, 0.2) is 24.3 Å². The van der Waals surface area contributed by atoms with Gasteiger partial charge in [0, 0.05) is 5.02 Å². The van der Waals surface area contributed by atoms with Crippen LogP contribution in [0.25, 0.3) is 0 Å². The van der Waals surface area contributed by atoms with Crippen molar-refractivity contribution in [2.24, 2.45) is 5.92 Å². The fraction of sp³-hybridized carbons (Fsp3) is 0.533. The van der Waals surface area contributed by atoms with Gasteiger partial charge < -0.3 is 0 Å². The summed E-state index contributed by atoms with van der Waals surface area (Å²) in [4.78, 5) is 0. The van der Waals surface area contributed by atoms with E-state index in [9.17, 15) is 13.7 Å². The molecule has 1 fully saturated rings. The number of hydrogen-bond acceptors (Lipinski definition) is 3. The molecule has 2 rings (SSSR count). The van der Waals surface area contributed by atoms with Gasteiger partial charge in [0.1, 0.15) is 0 Å². The highest BCUT2D eigenvalue weighted by Gasteiger charge is 2.34. The molecule has 3 nitrogen and oxygen atoms in total. The topological polar surface area (TPSA) is 57.9 Å². The zero-order chi connectivity index (χ0) is 14.6. The highest BCUT2D eigenvalue weighted by atomic mass is 35.5. The molecular formula is C15H18ClNO2S. The SMILES string of the molecule is N#CC1CCCCCC1S(=O)(=O)Cc1ccccc1Cl. The first-order valence-electron chi connectivity index (χ1n) is 6.89. The third-order valence-corrected chi connectivity index (χ3v) is 6.46. The van der Waals surface area contributed by atoms with Gasteiger partial charge in [-0.1, -0.05) is 49.1 Å². The molecule has 0 aliphatic heterocycles. The van der Waals surface area contributed by atoms with Crippen molar-refractivity contribution in [3.05, 3.63) is 34.9 Å². The Balaban J connectivity index is 2.25. The zero-order valence-corrected chi connectivity index (χ0v) is 12.8. The Morgan fingerprint density at radius 3 is 2.60 bits per heavy atom. The Morgan fingerprint density at radius 2 is 1.90 bits per heavy atom. The summed E-state index contributed by atoms with van der Waals surface area (Å²) < 4.78 is 25.2. The second-order valence-electron chi connectivity index (χ2n) is 5.31. The summed E-state index contributed by atoms with van der Waals surface area (Å²) in [5, 5.41) is 9.15. The van der Waals surface area contributed by atoms with E-state index in [1.165, 1.54) is 0 Å². The van der Waals surface area contributed by atoms with Gasteiger partial charge in [-0.25, -0.2) is 8.42 Å². The Morgan fingerprint density at radius 1 is 1.20 bits per heavy atom. The van der Waals surface area contributed by atoms with E-state index < -0.39 is 15.1 Å². The van der Waals surface area contributed by atoms with Crippen molar-refractivity contribution in [3.63, 3.8) is 0 Å². The molecular weight excluding hydrogens is 294 g/mol. The summed E-state index contributed by atoms with van der Waals surface area (Å²) in [6.45, 7) is 0. The van der Waals surface area contributed by atoms with Gasteiger partial charge in [0.25, 0.3) is 0 Å². The molecule has 1 saturated carbocycles. The molecule has 2 atom stereocenters. The molecule has 0 saturated heterocycles. The first-order chi connectivity index (χ1) is 9.54. The molecule has 0 N–H and O–H groups in total. The zero-order valence-electron chi connectivity index (χ0n) is 11.3. The van der Waals surface area contributed by atoms with Gasteiger partial charge in [0.05, 0.1) is 23.0 Å². The molecule has 1 aliphatic rings. The fourth-order valence-electron chi connectivity index (χ4n) is 2.79. The van der Waals surface area contributed by atoms with E-state index in [4.69, 9.17) is 11.6 Å². The van der Waals surface area contributed by atoms with Gasteiger partial charge >= 0.3 is 0 Å². The summed E-state index contributed by atoms with van der Waals surface area (Å²) in [5.41, 5.74) is 0.620. The molecule has 0 amide bonds. The van der Waals surface area contributed by atoms with Crippen LogP contribution in [0.5, 0.6) is 0 Å². The summed E-state index contributed by atoms with van der Waals surface area (Å²) >= 11 is 6.04. The minimum Gasteiger partial charge on any atom is -0.228 e. The average molecular weight is 312 g/mol. The number of hydrogen-bond donors (Lipinski definition) is 0. The normalized spacial score (nSPS) is 23.8. The minimum atomic E-state index is -3.35. The van der Waals surface area contributed by atoms with Crippen molar-refractivity contribution in [2.75, 3.05) is 0 Å². The fourth-order valence-corrected chi connectivity index (χ4v) is 5.19. The van der Waals surface area contributed by atoms with E-state index in [0.717, 1.165) is 19.3 Å². The highest BCUT2D eigenvalue weighted by Crippen LogP contribution is 2.31. The lowest BCUT2D eigenvalue weighted by Crippen LogP contribution is -2.29. The minimum absolute atomic E-state index is 0.0739. The maximum atomic E-state index is 12.6. The van der Waals surface area contributed by atoms with E-state index >= 15 is 0 Å². The van der Waals surface area contributed by atoms with Gasteiger partial charge in [-0.05, 0) is 24.5 Å². The van der Waals surface area contributed by atoms with Crippen molar-refractivity contribution < 1.29 is 8.42 Å². The summed E-state index contributed by atoms with van der Waals surface area (Å²) in [7, 11) is -3.35. The molecule has 20 heavy (non-hydrogen) atoms. The van der Waals surface area contributed by atoms with E-state index in [-0.39, 0.29) is 11.7 Å². The molecule has 0 spiro atoms. The molecule has 0 bridgehead atoms. The quantitative estimate of drug-likeness (QED) is 0.799. The smallest absolute Gasteiger partial charge is 0.158 e. The van der Waals surface area contributed by atoms with E-state index in [1.54, 1.807) is 24.3 Å². The average Bonchev–Trinajstić information content (AvgIpc) is 2.66. The predicted molar refractivity (Wildman–Crippen MR) is 80.1 cm³/mol. The van der Waals surface area contributed by atoms with E-state index in [2.05, 4.69) is 6.07 Å². The van der Waals surface area contributed by atoms with Crippen LogP contribution in [0, 0.1) is 17.2 Å². The van der Waals surface area contributed by atoms with Crippen molar-refractivity contribution in [3.8, 4) is 6.07 Å². The third kappa shape index (κ3) is 3.53. The number of sulfone groups is 1. The van der Waals surface area contributed by atoms with Crippen LogP contribution < -0.4 is 0 Å². The monoisotopic (exact) mass is 311 g/mol. The van der Waals surface area contributed by atoms with Crippen LogP contribution in [-0.2, 0) is 15.6 Å². The molecule has 1 aromatic carbocycles. The van der Waals surface area contributed by atoms with Gasteiger partial charge in [-0.15, -0.1) is 0 Å². The summed E-state index contributed by atoms with van der Waals surface area (Å²) in [6, 6.07) is 9.18. The van der Waals surface area contributed by atoms with Gasteiger partial charge in [-0.3, -0.25) is 0 Å². The van der Waals surface area contributed by atoms with Crippen molar-refractivity contribution in [2.45, 2.75) is 43.1 Å². The second-order valence-corrected chi connectivity index (χ2v) is 7.94. The van der Waals surface area contributed by atoms with Crippen molar-refractivity contribution >= 4 is 21.4 Å². The van der Waals surface area contributed by atoms with Gasteiger partial charge in [0.15, 0.2) is 9.84 Å². The largest absolute Gasteiger partial charge is 0.228 e. The molecule has 5 heteroatoms. The molecule has 0 aromatic heterocycles. The van der Waals surface area contributed by atoms with E-state index in [1.807, 2.05) is 0 Å². The van der Waals surface area contributed by atoms with Gasteiger partial charge in [0.2, 0.25) is 0 Å². The first kappa shape index (κ1) is 15.3. The molecule has 1 aliphatic carbocycles. The van der Waals surface area contributed by atoms with Gasteiger partial charge in [-0.2, -0.15) is 5.26 Å². The number of nitrogens with zero attached hydrogens (tertiary/aromatic N) is 1. The number of halogens is 1. The number of rotatable bonds is 3. The second kappa shape index (κ2) is 6.60. The lowest BCUT2D eigenvalue weighted by molar-refractivity contribution is 0.522. The molecule has 1 aromatic rings. The molecule has 0 radical (unpaired) electrons. The Hall–Kier alpha value is -1.05. The van der Waals surface area contributed by atoms with Crippen molar-refractivity contribution in [1.82, 2.24) is 0 Å². The van der Waals surface area contributed by atoms with Crippen LogP contribution in [0.4, 0.5) is 0 Å². The number of nitriles is 1. The summed E-state index contributed by atoms with van der Waals surface area (Å²) in [5.74, 6) is -0.458. The first-order valence-corrected chi connectivity index (χ1v) is 8.98. The Labute approximate surface area is 125 Å². The third-order valence-electron chi connectivity index (χ3n) is 3.89. The molecule has 2 unspecified atom stereocenters. The standard InChI is InChI=1S/C15H18ClNO2S/c16-14-8-5-4-7-13(14)11-20(18,19)15-9-3-1-2-6-12(15)10-17/h4-5,7-8,12,15H,1-3,6,9,11H2. The van der Waals surface area contributed by atoms with Crippen LogP contribution in [0.3, 0.4) is 0 Å². The maximum absolute atomic E-state index is 12.6. The van der Waals surface area contributed by atoms with Crippen molar-refractivity contribution in [1.29, 1.82) is 5.26 Å². The Bertz CT molecular complexity index is 607. The van der Waals surface area contributed by atoms with E-state index in [0.29, 0.717) is 23.4 Å². The van der Waals surface area contributed by atoms with Crippen LogP contribution in [-0.4, -0.2) is 13.7 Å².